The lowest BCUT2D eigenvalue weighted by molar-refractivity contribution is 0.750. The third kappa shape index (κ3) is 4.20. The molecule has 0 amide bonds. The molecule has 7 aromatic rings. The van der Waals surface area contributed by atoms with E-state index in [0.717, 1.165) is 19.3 Å². The van der Waals surface area contributed by atoms with Crippen molar-refractivity contribution in [1.82, 2.24) is 0 Å². The van der Waals surface area contributed by atoms with Crippen LogP contribution in [0.1, 0.15) is 41.5 Å². The lowest BCUT2D eigenvalue weighted by atomic mass is 9.73. The van der Waals surface area contributed by atoms with E-state index >= 15 is 0 Å². The highest BCUT2D eigenvalue weighted by atomic mass is 14.3. The van der Waals surface area contributed by atoms with Gasteiger partial charge in [0.15, 0.2) is 0 Å². The third-order valence-electron chi connectivity index (χ3n) is 10.2. The maximum Gasteiger partial charge on any atom is -0.00234 e. The zero-order valence-corrected chi connectivity index (χ0v) is 25.6. The first-order valence-electron chi connectivity index (χ1n) is 16.3. The van der Waals surface area contributed by atoms with E-state index in [4.69, 9.17) is 0 Å². The summed E-state index contributed by atoms with van der Waals surface area (Å²) < 4.78 is 0. The fraction of sp³-hybridized carbons (Fsp3) is 0.111. The molecule has 1 atom stereocenters. The molecule has 2 aliphatic rings. The summed E-state index contributed by atoms with van der Waals surface area (Å²) in [4.78, 5) is 0. The Bertz CT molecular complexity index is 2300. The molecule has 0 saturated carbocycles. The Balaban J connectivity index is 1.29. The summed E-state index contributed by atoms with van der Waals surface area (Å²) in [7, 11) is 0. The van der Waals surface area contributed by atoms with Gasteiger partial charge in [-0.05, 0) is 120 Å². The van der Waals surface area contributed by atoms with Gasteiger partial charge in [-0.2, -0.15) is 0 Å². The lowest BCUT2D eigenvalue weighted by Gasteiger charge is -2.30. The van der Waals surface area contributed by atoms with Gasteiger partial charge in [-0.3, -0.25) is 0 Å². The van der Waals surface area contributed by atoms with E-state index in [1.54, 1.807) is 0 Å². The minimum absolute atomic E-state index is 0.445. The summed E-state index contributed by atoms with van der Waals surface area (Å²) in [5.74, 6) is 0.445. The lowest BCUT2D eigenvalue weighted by Crippen LogP contribution is -2.10. The molecule has 214 valence electrons. The Labute approximate surface area is 265 Å². The van der Waals surface area contributed by atoms with Gasteiger partial charge in [0.1, 0.15) is 0 Å². The second-order valence-electron chi connectivity index (χ2n) is 12.8. The second-order valence-corrected chi connectivity index (χ2v) is 12.8. The average molecular weight is 575 g/mol. The SMILES string of the molecule is CC1Cc2cc(-c3ccc4ccccc4c3)ccc2-c2c(-c3c4c(c(-c5ccccc5)c5ccccc35)CCC=C4)cccc21. The van der Waals surface area contributed by atoms with Crippen LogP contribution in [-0.4, -0.2) is 0 Å². The summed E-state index contributed by atoms with van der Waals surface area (Å²) in [5.41, 5.74) is 16.6. The first-order chi connectivity index (χ1) is 22.2. The number of hydrogen-bond donors (Lipinski definition) is 0. The quantitative estimate of drug-likeness (QED) is 0.197. The molecule has 0 fully saturated rings. The average Bonchev–Trinajstić information content (AvgIpc) is 3.10. The smallest absolute Gasteiger partial charge is 0.00234 e. The third-order valence-corrected chi connectivity index (χ3v) is 10.2. The molecule has 0 heterocycles. The minimum Gasteiger partial charge on any atom is -0.0836 e. The molecule has 0 saturated heterocycles. The monoisotopic (exact) mass is 574 g/mol. The van der Waals surface area contributed by atoms with Crippen molar-refractivity contribution in [2.45, 2.75) is 32.1 Å². The Morgan fingerprint density at radius 3 is 2.13 bits per heavy atom. The van der Waals surface area contributed by atoms with Crippen LogP contribution in [0.4, 0.5) is 0 Å². The van der Waals surface area contributed by atoms with Crippen molar-refractivity contribution in [3.8, 4) is 44.5 Å². The highest BCUT2D eigenvalue weighted by molar-refractivity contribution is 6.12. The fourth-order valence-corrected chi connectivity index (χ4v) is 8.09. The second kappa shape index (κ2) is 10.5. The molecule has 7 aromatic carbocycles. The normalized spacial score (nSPS) is 15.1. The minimum atomic E-state index is 0.445. The van der Waals surface area contributed by atoms with Gasteiger partial charge in [0.05, 0.1) is 0 Å². The zero-order valence-electron chi connectivity index (χ0n) is 25.6. The number of allylic oxidation sites excluding steroid dienone is 1. The van der Waals surface area contributed by atoms with Gasteiger partial charge in [-0.15, -0.1) is 0 Å². The summed E-state index contributed by atoms with van der Waals surface area (Å²) in [6, 6.07) is 49.8. The summed E-state index contributed by atoms with van der Waals surface area (Å²) in [6.45, 7) is 2.40. The molecule has 0 aliphatic heterocycles. The molecule has 0 bridgehead atoms. The van der Waals surface area contributed by atoms with Crippen LogP contribution in [0.5, 0.6) is 0 Å². The van der Waals surface area contributed by atoms with Crippen LogP contribution >= 0.6 is 0 Å². The van der Waals surface area contributed by atoms with Crippen molar-refractivity contribution >= 4 is 27.6 Å². The maximum absolute atomic E-state index is 2.46. The van der Waals surface area contributed by atoms with Gasteiger partial charge < -0.3 is 0 Å². The van der Waals surface area contributed by atoms with Gasteiger partial charge in [0.25, 0.3) is 0 Å². The van der Waals surface area contributed by atoms with Gasteiger partial charge in [-0.25, -0.2) is 0 Å². The van der Waals surface area contributed by atoms with E-state index < -0.39 is 0 Å². The number of benzene rings is 7. The predicted octanol–water partition coefficient (Wildman–Crippen LogP) is 12.3. The van der Waals surface area contributed by atoms with Crippen LogP contribution < -0.4 is 0 Å². The van der Waals surface area contributed by atoms with Crippen molar-refractivity contribution in [3.05, 3.63) is 162 Å². The predicted molar refractivity (Wildman–Crippen MR) is 193 cm³/mol. The molecular formula is C45H34. The van der Waals surface area contributed by atoms with Crippen molar-refractivity contribution in [2.75, 3.05) is 0 Å². The van der Waals surface area contributed by atoms with Crippen LogP contribution in [0.15, 0.2) is 140 Å². The highest BCUT2D eigenvalue weighted by Crippen LogP contribution is 2.50. The molecule has 0 heteroatoms. The molecular weight excluding hydrogens is 540 g/mol. The molecule has 0 N–H and O–H groups in total. The van der Waals surface area contributed by atoms with Crippen LogP contribution in [0.2, 0.25) is 0 Å². The summed E-state index contributed by atoms with van der Waals surface area (Å²) >= 11 is 0. The zero-order chi connectivity index (χ0) is 29.9. The van der Waals surface area contributed by atoms with Crippen LogP contribution in [0.3, 0.4) is 0 Å². The molecule has 1 unspecified atom stereocenters. The molecule has 0 nitrogen and oxygen atoms in total. The molecule has 9 rings (SSSR count). The molecule has 2 aliphatic carbocycles. The molecule has 0 aromatic heterocycles. The first kappa shape index (κ1) is 26.2. The Kier molecular flexibility index (Phi) is 6.10. The largest absolute Gasteiger partial charge is 0.0836 e. The topological polar surface area (TPSA) is 0 Å². The van der Waals surface area contributed by atoms with E-state index in [1.165, 1.54) is 88.3 Å². The van der Waals surface area contributed by atoms with E-state index in [-0.39, 0.29) is 0 Å². The first-order valence-corrected chi connectivity index (χ1v) is 16.3. The highest BCUT2D eigenvalue weighted by Gasteiger charge is 2.28. The number of rotatable bonds is 3. The van der Waals surface area contributed by atoms with Crippen molar-refractivity contribution in [2.24, 2.45) is 0 Å². The molecule has 0 radical (unpaired) electrons. The Hall–Kier alpha value is -5.20. The van der Waals surface area contributed by atoms with Gasteiger partial charge in [-0.1, -0.05) is 146 Å². The number of fused-ring (bicyclic) bond motifs is 6. The van der Waals surface area contributed by atoms with Crippen LogP contribution in [0, 0.1) is 0 Å². The number of hydrogen-bond acceptors (Lipinski definition) is 0. The van der Waals surface area contributed by atoms with E-state index in [2.05, 4.69) is 153 Å². The maximum atomic E-state index is 2.46. The standard InChI is InChI=1S/C45H34/c1-29-26-35-28-34(33-23-22-30-12-5-6-15-32(30)27-33)24-25-37(35)44-36(29)20-11-21-42(44)45-40-18-9-7-16-38(40)43(31-13-3-2-4-14-31)39-17-8-10-19-41(39)45/h2-7,9-16,18-25,27-29H,8,17,26H2,1H3. The van der Waals surface area contributed by atoms with Crippen LogP contribution in [-0.2, 0) is 12.8 Å². The van der Waals surface area contributed by atoms with E-state index in [1.807, 2.05) is 0 Å². The van der Waals surface area contributed by atoms with E-state index in [9.17, 15) is 0 Å². The van der Waals surface area contributed by atoms with Crippen molar-refractivity contribution in [3.63, 3.8) is 0 Å². The van der Waals surface area contributed by atoms with Crippen molar-refractivity contribution < 1.29 is 0 Å². The van der Waals surface area contributed by atoms with E-state index in [0.29, 0.717) is 5.92 Å². The van der Waals surface area contributed by atoms with Gasteiger partial charge >= 0.3 is 0 Å². The van der Waals surface area contributed by atoms with Crippen molar-refractivity contribution in [1.29, 1.82) is 0 Å². The molecule has 0 spiro atoms. The van der Waals surface area contributed by atoms with Crippen LogP contribution in [0.25, 0.3) is 72.1 Å². The Morgan fingerprint density at radius 2 is 1.27 bits per heavy atom. The van der Waals surface area contributed by atoms with Gasteiger partial charge in [0, 0.05) is 0 Å². The van der Waals surface area contributed by atoms with Gasteiger partial charge in [0.2, 0.25) is 0 Å². The summed E-state index contributed by atoms with van der Waals surface area (Å²) in [5, 5.41) is 5.26. The summed E-state index contributed by atoms with van der Waals surface area (Å²) in [6.07, 6.45) is 7.97. The molecule has 45 heavy (non-hydrogen) atoms. The fourth-order valence-electron chi connectivity index (χ4n) is 8.09. The Morgan fingerprint density at radius 1 is 0.533 bits per heavy atom.